The first-order chi connectivity index (χ1) is 13.3. The fourth-order valence-corrected chi connectivity index (χ4v) is 3.02. The molecule has 142 valence electrons. The second-order valence-corrected chi connectivity index (χ2v) is 6.62. The van der Waals surface area contributed by atoms with Gasteiger partial charge in [-0.05, 0) is 62.2 Å². The lowest BCUT2D eigenvalue weighted by Crippen LogP contribution is -2.18. The number of halogens is 1. The van der Waals surface area contributed by atoms with Gasteiger partial charge in [-0.2, -0.15) is 0 Å². The van der Waals surface area contributed by atoms with Gasteiger partial charge >= 0.3 is 0 Å². The molecule has 0 saturated carbocycles. The highest BCUT2D eigenvalue weighted by molar-refractivity contribution is 6.08. The largest absolute Gasteiger partial charge is 0.322 e. The minimum absolute atomic E-state index is 0.117. The zero-order valence-electron chi connectivity index (χ0n) is 15.8. The summed E-state index contributed by atoms with van der Waals surface area (Å²) in [6.07, 6.45) is 1.39. The number of amides is 2. The van der Waals surface area contributed by atoms with Crippen molar-refractivity contribution < 1.29 is 14.0 Å². The number of anilines is 2. The smallest absolute Gasteiger partial charge is 0.274 e. The van der Waals surface area contributed by atoms with Crippen LogP contribution in [0.1, 0.15) is 37.5 Å². The third-order valence-electron chi connectivity index (χ3n) is 4.25. The third kappa shape index (κ3) is 4.40. The lowest BCUT2D eigenvalue weighted by molar-refractivity contribution is 0.102. The van der Waals surface area contributed by atoms with E-state index in [9.17, 15) is 14.0 Å². The number of carbonyl (C=O) groups is 2. The van der Waals surface area contributed by atoms with Crippen molar-refractivity contribution in [3.63, 3.8) is 0 Å². The van der Waals surface area contributed by atoms with Gasteiger partial charge < -0.3 is 10.6 Å². The number of rotatable bonds is 4. The average Bonchev–Trinajstić information content (AvgIpc) is 2.64. The molecule has 0 aliphatic rings. The lowest BCUT2D eigenvalue weighted by atomic mass is 10.0. The summed E-state index contributed by atoms with van der Waals surface area (Å²) in [6.45, 7) is 5.84. The summed E-state index contributed by atoms with van der Waals surface area (Å²) in [6, 6.07) is 12.5. The molecule has 6 heteroatoms. The van der Waals surface area contributed by atoms with Gasteiger partial charge in [0.15, 0.2) is 0 Å². The Labute approximate surface area is 162 Å². The summed E-state index contributed by atoms with van der Waals surface area (Å²) in [5.74, 6) is -1.31. The van der Waals surface area contributed by atoms with Crippen molar-refractivity contribution in [3.05, 3.63) is 88.5 Å². The molecule has 0 spiro atoms. The van der Waals surface area contributed by atoms with E-state index in [0.29, 0.717) is 5.69 Å². The average molecular weight is 377 g/mol. The van der Waals surface area contributed by atoms with E-state index < -0.39 is 17.6 Å². The predicted molar refractivity (Wildman–Crippen MR) is 107 cm³/mol. The number of hydrogen-bond acceptors (Lipinski definition) is 3. The van der Waals surface area contributed by atoms with Gasteiger partial charge in [-0.15, -0.1) is 0 Å². The molecule has 0 aliphatic heterocycles. The van der Waals surface area contributed by atoms with Crippen LogP contribution in [0.5, 0.6) is 0 Å². The first-order valence-corrected chi connectivity index (χ1v) is 8.75. The van der Waals surface area contributed by atoms with Crippen LogP contribution in [0.25, 0.3) is 0 Å². The van der Waals surface area contributed by atoms with E-state index in [1.807, 2.05) is 32.9 Å². The maximum Gasteiger partial charge on any atom is 0.274 e. The van der Waals surface area contributed by atoms with Gasteiger partial charge in [0.05, 0.1) is 0 Å². The van der Waals surface area contributed by atoms with Crippen LogP contribution in [-0.2, 0) is 0 Å². The molecule has 0 bridgehead atoms. The Bertz CT molecular complexity index is 1040. The highest BCUT2D eigenvalue weighted by atomic mass is 19.1. The van der Waals surface area contributed by atoms with Crippen LogP contribution in [0.4, 0.5) is 15.8 Å². The van der Waals surface area contributed by atoms with Crippen molar-refractivity contribution in [2.45, 2.75) is 20.8 Å². The van der Waals surface area contributed by atoms with E-state index in [1.165, 1.54) is 36.5 Å². The maximum atomic E-state index is 13.3. The van der Waals surface area contributed by atoms with Crippen molar-refractivity contribution >= 4 is 23.2 Å². The molecule has 0 atom stereocenters. The molecular weight excluding hydrogens is 357 g/mol. The van der Waals surface area contributed by atoms with Crippen molar-refractivity contribution in [2.75, 3.05) is 10.6 Å². The van der Waals surface area contributed by atoms with Gasteiger partial charge in [0.1, 0.15) is 11.5 Å². The van der Waals surface area contributed by atoms with Crippen LogP contribution >= 0.6 is 0 Å². The number of nitrogens with zero attached hydrogens (tertiary/aromatic N) is 1. The zero-order valence-corrected chi connectivity index (χ0v) is 15.8. The summed E-state index contributed by atoms with van der Waals surface area (Å²) in [5.41, 5.74) is 4.44. The number of aryl methyl sites for hydroxylation is 3. The summed E-state index contributed by atoms with van der Waals surface area (Å²) in [5, 5.41) is 5.46. The molecule has 0 unspecified atom stereocenters. The van der Waals surface area contributed by atoms with Gasteiger partial charge in [0, 0.05) is 23.1 Å². The quantitative estimate of drug-likeness (QED) is 0.695. The number of pyridine rings is 1. The van der Waals surface area contributed by atoms with Crippen LogP contribution in [0, 0.1) is 26.6 Å². The third-order valence-corrected chi connectivity index (χ3v) is 4.25. The van der Waals surface area contributed by atoms with E-state index in [4.69, 9.17) is 0 Å². The molecule has 0 fully saturated rings. The Hall–Kier alpha value is -3.54. The fourth-order valence-electron chi connectivity index (χ4n) is 3.02. The molecule has 0 radical (unpaired) electrons. The van der Waals surface area contributed by atoms with Gasteiger partial charge in [0.25, 0.3) is 11.8 Å². The summed E-state index contributed by atoms with van der Waals surface area (Å²) in [7, 11) is 0. The summed E-state index contributed by atoms with van der Waals surface area (Å²) >= 11 is 0. The zero-order chi connectivity index (χ0) is 20.3. The number of carbonyl (C=O) groups excluding carboxylic acids is 2. The molecule has 0 saturated heterocycles. The van der Waals surface area contributed by atoms with Gasteiger partial charge in [-0.3, -0.25) is 14.6 Å². The Balaban J connectivity index is 1.79. The van der Waals surface area contributed by atoms with Gasteiger partial charge in [-0.1, -0.05) is 23.8 Å². The summed E-state index contributed by atoms with van der Waals surface area (Å²) < 4.78 is 13.3. The Morgan fingerprint density at radius 2 is 1.61 bits per heavy atom. The predicted octanol–water partition coefficient (Wildman–Crippen LogP) is 4.65. The first kappa shape index (κ1) is 19.2. The fraction of sp³-hybridized carbons (Fsp3) is 0.136. The first-order valence-electron chi connectivity index (χ1n) is 8.75. The normalized spacial score (nSPS) is 10.4. The van der Waals surface area contributed by atoms with Crippen molar-refractivity contribution in [3.8, 4) is 0 Å². The Morgan fingerprint density at radius 1 is 0.893 bits per heavy atom. The van der Waals surface area contributed by atoms with Crippen LogP contribution < -0.4 is 10.6 Å². The standard InChI is InChI=1S/C22H20FN3O2/c1-13-9-14(2)20(15(3)10-13)26-22(28)19-11-16(7-8-24-19)21(27)25-18-6-4-5-17(23)12-18/h4-12H,1-3H3,(H,25,27)(H,26,28). The molecule has 5 nitrogen and oxygen atoms in total. The second kappa shape index (κ2) is 8.00. The molecule has 1 aromatic heterocycles. The van der Waals surface area contributed by atoms with E-state index in [1.54, 1.807) is 6.07 Å². The molecule has 28 heavy (non-hydrogen) atoms. The van der Waals surface area contributed by atoms with E-state index in [2.05, 4.69) is 15.6 Å². The minimum Gasteiger partial charge on any atom is -0.322 e. The van der Waals surface area contributed by atoms with E-state index >= 15 is 0 Å². The number of nitrogens with one attached hydrogen (secondary N) is 2. The molecule has 2 amide bonds. The van der Waals surface area contributed by atoms with Crippen LogP contribution in [0.15, 0.2) is 54.7 Å². The van der Waals surface area contributed by atoms with Crippen molar-refractivity contribution in [1.82, 2.24) is 4.98 Å². The van der Waals surface area contributed by atoms with Gasteiger partial charge in [0.2, 0.25) is 0 Å². The molecule has 2 N–H and O–H groups in total. The van der Waals surface area contributed by atoms with Crippen LogP contribution in [0.3, 0.4) is 0 Å². The molecule has 0 aliphatic carbocycles. The lowest BCUT2D eigenvalue weighted by Gasteiger charge is -2.13. The minimum atomic E-state index is -0.454. The molecule has 3 rings (SSSR count). The highest BCUT2D eigenvalue weighted by Gasteiger charge is 2.14. The van der Waals surface area contributed by atoms with E-state index in [-0.39, 0.29) is 11.3 Å². The summed E-state index contributed by atoms with van der Waals surface area (Å²) in [4.78, 5) is 29.1. The SMILES string of the molecule is Cc1cc(C)c(NC(=O)c2cc(C(=O)Nc3cccc(F)c3)ccn2)c(C)c1. The Morgan fingerprint density at radius 3 is 2.29 bits per heavy atom. The molecule has 1 heterocycles. The number of hydrogen-bond donors (Lipinski definition) is 2. The van der Waals surface area contributed by atoms with Crippen LogP contribution in [-0.4, -0.2) is 16.8 Å². The van der Waals surface area contributed by atoms with E-state index in [0.717, 1.165) is 22.4 Å². The molecule has 3 aromatic rings. The Kier molecular flexibility index (Phi) is 5.49. The maximum absolute atomic E-state index is 13.3. The highest BCUT2D eigenvalue weighted by Crippen LogP contribution is 2.22. The molecular formula is C22H20FN3O2. The van der Waals surface area contributed by atoms with Gasteiger partial charge in [-0.25, -0.2) is 4.39 Å². The van der Waals surface area contributed by atoms with Crippen molar-refractivity contribution in [2.24, 2.45) is 0 Å². The topological polar surface area (TPSA) is 71.1 Å². The number of benzene rings is 2. The van der Waals surface area contributed by atoms with Crippen molar-refractivity contribution in [1.29, 1.82) is 0 Å². The second-order valence-electron chi connectivity index (χ2n) is 6.62. The monoisotopic (exact) mass is 377 g/mol. The molecule has 2 aromatic carbocycles. The number of aromatic nitrogens is 1. The van der Waals surface area contributed by atoms with Crippen LogP contribution in [0.2, 0.25) is 0 Å².